The molecule has 0 fully saturated rings. The first-order chi connectivity index (χ1) is 9.76. The summed E-state index contributed by atoms with van der Waals surface area (Å²) in [5.41, 5.74) is 2.34. The molecule has 3 heteroatoms. The second kappa shape index (κ2) is 7.06. The lowest BCUT2D eigenvalue weighted by Crippen LogP contribution is -1.94. The number of pyridine rings is 1. The van der Waals surface area contributed by atoms with Crippen LogP contribution in [0.15, 0.2) is 54.0 Å². The summed E-state index contributed by atoms with van der Waals surface area (Å²) in [7, 11) is 0. The highest BCUT2D eigenvalue weighted by Gasteiger charge is 2.06. The van der Waals surface area contributed by atoms with Crippen molar-refractivity contribution >= 4 is 29.6 Å². The minimum absolute atomic E-state index is 0.284. The van der Waals surface area contributed by atoms with Gasteiger partial charge in [-0.15, -0.1) is 0 Å². The Morgan fingerprint density at radius 3 is 2.75 bits per heavy atom. The Bertz CT molecular complexity index is 687. The summed E-state index contributed by atoms with van der Waals surface area (Å²) in [5, 5.41) is 2.50. The van der Waals surface area contributed by atoms with Gasteiger partial charge in [0.2, 0.25) is 0 Å². The van der Waals surface area contributed by atoms with Crippen LogP contribution in [0.25, 0.3) is 17.0 Å². The molecule has 0 aliphatic rings. The summed E-state index contributed by atoms with van der Waals surface area (Å²) < 4.78 is 13.8. The fourth-order valence-electron chi connectivity index (χ4n) is 1.97. The van der Waals surface area contributed by atoms with E-state index in [0.717, 1.165) is 23.1 Å². The minimum atomic E-state index is -0.284. The van der Waals surface area contributed by atoms with Crippen molar-refractivity contribution in [3.05, 3.63) is 71.1 Å². The number of thiol groups is 1. The second-order valence-corrected chi connectivity index (χ2v) is 4.58. The zero-order valence-electron chi connectivity index (χ0n) is 11.3. The molecule has 0 unspecified atom stereocenters. The number of aromatic nitrogens is 1. The van der Waals surface area contributed by atoms with Crippen LogP contribution >= 0.6 is 12.6 Å². The van der Waals surface area contributed by atoms with E-state index in [-0.39, 0.29) is 5.82 Å². The van der Waals surface area contributed by atoms with Gasteiger partial charge in [-0.05, 0) is 35.6 Å². The first kappa shape index (κ1) is 14.5. The number of halogens is 1. The fraction of sp³-hybridized carbons (Fsp3) is 0.118. The van der Waals surface area contributed by atoms with E-state index < -0.39 is 0 Å². The lowest BCUT2D eigenvalue weighted by atomic mass is 10.1. The molecule has 1 aromatic heterocycles. The summed E-state index contributed by atoms with van der Waals surface area (Å²) in [6.07, 6.45) is 10.2. The van der Waals surface area contributed by atoms with Crippen LogP contribution in [-0.2, 0) is 6.42 Å². The van der Waals surface area contributed by atoms with Crippen LogP contribution < -0.4 is 0 Å². The smallest absolute Gasteiger partial charge is 0.149 e. The van der Waals surface area contributed by atoms with Gasteiger partial charge < -0.3 is 0 Å². The first-order valence-corrected chi connectivity index (χ1v) is 7.00. The molecule has 0 saturated carbocycles. The third kappa shape index (κ3) is 3.36. The minimum Gasteiger partial charge on any atom is -0.245 e. The predicted octanol–water partition coefficient (Wildman–Crippen LogP) is 4.95. The lowest BCUT2D eigenvalue weighted by molar-refractivity contribution is 0.636. The van der Waals surface area contributed by atoms with Gasteiger partial charge in [0.25, 0.3) is 0 Å². The normalized spacial score (nSPS) is 12.3. The molecule has 2 aromatic rings. The average Bonchev–Trinajstić information content (AvgIpc) is 2.47. The van der Waals surface area contributed by atoms with Crippen LogP contribution in [0.5, 0.6) is 0 Å². The van der Waals surface area contributed by atoms with Crippen molar-refractivity contribution in [3.63, 3.8) is 0 Å². The Morgan fingerprint density at radius 2 is 2.00 bits per heavy atom. The maximum absolute atomic E-state index is 13.8. The molecule has 0 saturated heterocycles. The third-order valence-electron chi connectivity index (χ3n) is 2.96. The number of benzene rings is 1. The third-order valence-corrected chi connectivity index (χ3v) is 3.14. The Morgan fingerprint density at radius 1 is 1.20 bits per heavy atom. The zero-order chi connectivity index (χ0) is 14.4. The Hall–Kier alpha value is -1.87. The van der Waals surface area contributed by atoms with Crippen molar-refractivity contribution in [1.29, 1.82) is 0 Å². The Kier molecular flexibility index (Phi) is 5.13. The Balaban J connectivity index is 2.43. The van der Waals surface area contributed by atoms with Crippen LogP contribution in [-0.4, -0.2) is 4.98 Å². The number of hydrogen-bond acceptors (Lipinski definition) is 2. The molecule has 2 rings (SSSR count). The van der Waals surface area contributed by atoms with Gasteiger partial charge in [0.15, 0.2) is 0 Å². The van der Waals surface area contributed by atoms with E-state index in [1.54, 1.807) is 11.5 Å². The van der Waals surface area contributed by atoms with E-state index in [1.807, 2.05) is 42.5 Å². The summed E-state index contributed by atoms with van der Waals surface area (Å²) in [4.78, 5) is 4.43. The standard InChI is InChI=1S/C17H16FNS/c1-2-13-12-14-8-7-9-15(18)17(14)19-16(13)10-5-3-4-6-11-20/h3-12,20H,2H2,1H3/b4-3-,10-5+,11-6+. The summed E-state index contributed by atoms with van der Waals surface area (Å²) in [6.45, 7) is 2.07. The molecule has 1 heterocycles. The molecule has 0 radical (unpaired) electrons. The number of nitrogens with zero attached hydrogens (tertiary/aromatic N) is 1. The van der Waals surface area contributed by atoms with Crippen molar-refractivity contribution in [2.75, 3.05) is 0 Å². The monoisotopic (exact) mass is 285 g/mol. The van der Waals surface area contributed by atoms with Crippen molar-refractivity contribution in [3.8, 4) is 0 Å². The SMILES string of the molecule is CCc1cc2cccc(F)c2nc1/C=C/C=C\C=C\S. The number of aryl methyl sites for hydroxylation is 1. The molecule has 0 aliphatic carbocycles. The molecule has 102 valence electrons. The van der Waals surface area contributed by atoms with Crippen LogP contribution in [0.2, 0.25) is 0 Å². The van der Waals surface area contributed by atoms with Gasteiger partial charge in [0.1, 0.15) is 11.3 Å². The summed E-state index contributed by atoms with van der Waals surface area (Å²) >= 11 is 3.97. The molecular weight excluding hydrogens is 269 g/mol. The zero-order valence-corrected chi connectivity index (χ0v) is 12.1. The van der Waals surface area contributed by atoms with E-state index in [2.05, 4.69) is 24.5 Å². The molecule has 20 heavy (non-hydrogen) atoms. The number of hydrogen-bond donors (Lipinski definition) is 1. The van der Waals surface area contributed by atoms with Gasteiger partial charge in [0, 0.05) is 5.39 Å². The van der Waals surface area contributed by atoms with Gasteiger partial charge in [-0.25, -0.2) is 9.37 Å². The van der Waals surface area contributed by atoms with Gasteiger partial charge in [-0.1, -0.05) is 43.4 Å². The van der Waals surface area contributed by atoms with E-state index in [1.165, 1.54) is 6.07 Å². The fourth-order valence-corrected chi connectivity index (χ4v) is 2.07. The highest BCUT2D eigenvalue weighted by molar-refractivity contribution is 7.83. The van der Waals surface area contributed by atoms with Crippen molar-refractivity contribution in [1.82, 2.24) is 4.98 Å². The van der Waals surface area contributed by atoms with Crippen molar-refractivity contribution in [2.24, 2.45) is 0 Å². The van der Waals surface area contributed by atoms with E-state index in [4.69, 9.17) is 0 Å². The van der Waals surface area contributed by atoms with E-state index in [0.29, 0.717) is 5.52 Å². The number of allylic oxidation sites excluding steroid dienone is 4. The van der Waals surface area contributed by atoms with Crippen LogP contribution in [0.3, 0.4) is 0 Å². The maximum atomic E-state index is 13.8. The molecule has 0 atom stereocenters. The lowest BCUT2D eigenvalue weighted by Gasteiger charge is -2.06. The largest absolute Gasteiger partial charge is 0.245 e. The number of fused-ring (bicyclic) bond motifs is 1. The van der Waals surface area contributed by atoms with Gasteiger partial charge in [-0.2, -0.15) is 12.6 Å². The Labute approximate surface area is 124 Å². The molecule has 1 aromatic carbocycles. The quantitative estimate of drug-likeness (QED) is 0.619. The van der Waals surface area contributed by atoms with Crippen LogP contribution in [0.1, 0.15) is 18.2 Å². The van der Waals surface area contributed by atoms with Crippen molar-refractivity contribution < 1.29 is 4.39 Å². The van der Waals surface area contributed by atoms with E-state index in [9.17, 15) is 4.39 Å². The molecule has 1 nitrogen and oxygen atoms in total. The summed E-state index contributed by atoms with van der Waals surface area (Å²) in [6, 6.07) is 7.03. The molecular formula is C17H16FNS. The van der Waals surface area contributed by atoms with Crippen molar-refractivity contribution in [2.45, 2.75) is 13.3 Å². The number of rotatable bonds is 4. The topological polar surface area (TPSA) is 12.9 Å². The molecule has 0 aliphatic heterocycles. The predicted molar refractivity (Wildman–Crippen MR) is 87.4 cm³/mol. The first-order valence-electron chi connectivity index (χ1n) is 6.48. The highest BCUT2D eigenvalue weighted by Crippen LogP contribution is 2.20. The molecule has 0 N–H and O–H groups in total. The number of para-hydroxylation sites is 1. The van der Waals surface area contributed by atoms with Crippen LogP contribution in [0.4, 0.5) is 4.39 Å². The molecule has 0 bridgehead atoms. The molecule has 0 amide bonds. The highest BCUT2D eigenvalue weighted by atomic mass is 32.1. The maximum Gasteiger partial charge on any atom is 0.149 e. The summed E-state index contributed by atoms with van der Waals surface area (Å²) in [5.74, 6) is -0.284. The van der Waals surface area contributed by atoms with Gasteiger partial charge in [-0.3, -0.25) is 0 Å². The molecule has 0 spiro atoms. The van der Waals surface area contributed by atoms with Crippen LogP contribution in [0, 0.1) is 5.82 Å². The van der Waals surface area contributed by atoms with Gasteiger partial charge >= 0.3 is 0 Å². The van der Waals surface area contributed by atoms with E-state index >= 15 is 0 Å². The van der Waals surface area contributed by atoms with Gasteiger partial charge in [0.05, 0.1) is 5.69 Å². The average molecular weight is 285 g/mol. The second-order valence-electron chi connectivity index (χ2n) is 4.28.